The lowest BCUT2D eigenvalue weighted by Gasteiger charge is -2.38. The van der Waals surface area contributed by atoms with Crippen molar-refractivity contribution in [3.63, 3.8) is 0 Å². The van der Waals surface area contributed by atoms with Gasteiger partial charge < -0.3 is 9.05 Å². The molecular weight excluding hydrogens is 359 g/mol. The maximum atomic E-state index is 11.7. The normalized spacial score (nSPS) is 28.5. The molecule has 0 amide bonds. The van der Waals surface area contributed by atoms with Gasteiger partial charge in [-0.15, -0.1) is 0 Å². The zero-order chi connectivity index (χ0) is 17.6. The van der Waals surface area contributed by atoms with Crippen LogP contribution in [-0.2, 0) is 25.6 Å². The Morgan fingerprint density at radius 3 is 2.67 bits per heavy atom. The van der Waals surface area contributed by atoms with Crippen LogP contribution in [0.1, 0.15) is 57.3 Å². The first-order valence-electron chi connectivity index (χ1n) is 8.63. The summed E-state index contributed by atoms with van der Waals surface area (Å²) < 4.78 is 12.3. The van der Waals surface area contributed by atoms with E-state index in [-0.39, 0.29) is 17.1 Å². The minimum atomic E-state index is -2.43. The van der Waals surface area contributed by atoms with Gasteiger partial charge in [-0.05, 0) is 37.1 Å². The van der Waals surface area contributed by atoms with Gasteiger partial charge in [-0.1, -0.05) is 62.0 Å². The van der Waals surface area contributed by atoms with Crippen molar-refractivity contribution in [3.05, 3.63) is 35.9 Å². The van der Waals surface area contributed by atoms with Crippen molar-refractivity contribution in [1.82, 2.24) is 0 Å². The highest BCUT2D eigenvalue weighted by Gasteiger charge is 2.37. The number of carbonyl (C=O) groups is 1. The zero-order valence-electron chi connectivity index (χ0n) is 14.6. The molecule has 0 aromatic heterocycles. The smallest absolute Gasteiger partial charge is 0.248 e. The molecule has 3 nitrogen and oxygen atoms in total. The second kappa shape index (κ2) is 9.49. The molecule has 1 aromatic rings. The van der Waals surface area contributed by atoms with Crippen molar-refractivity contribution in [2.75, 3.05) is 6.61 Å². The average molecular weight is 387 g/mol. The minimum Gasteiger partial charge on any atom is -0.321 e. The molecule has 1 aromatic carbocycles. The summed E-state index contributed by atoms with van der Waals surface area (Å²) >= 11 is 7.35. The van der Waals surface area contributed by atoms with Gasteiger partial charge in [-0.3, -0.25) is 4.79 Å². The van der Waals surface area contributed by atoms with Crippen molar-refractivity contribution in [3.8, 4) is 0 Å². The molecule has 1 aliphatic heterocycles. The van der Waals surface area contributed by atoms with E-state index in [1.54, 1.807) is 18.3 Å². The lowest BCUT2D eigenvalue weighted by Crippen LogP contribution is -2.30. The third-order valence-electron chi connectivity index (χ3n) is 4.24. The van der Waals surface area contributed by atoms with Crippen molar-refractivity contribution in [2.45, 2.75) is 57.8 Å². The number of rotatable bonds is 8. The van der Waals surface area contributed by atoms with Gasteiger partial charge in [0.15, 0.2) is 0 Å². The fraction of sp³-hybridized carbons (Fsp3) is 0.611. The van der Waals surface area contributed by atoms with Gasteiger partial charge in [0.2, 0.25) is 5.69 Å². The summed E-state index contributed by atoms with van der Waals surface area (Å²) in [6, 6.07) is 10.1. The Bertz CT molecular complexity index is 579. The van der Waals surface area contributed by atoms with E-state index in [1.807, 2.05) is 30.3 Å². The molecule has 0 saturated carbocycles. The molecule has 134 valence electrons. The third kappa shape index (κ3) is 5.67. The zero-order valence-corrected chi connectivity index (χ0v) is 17.2. The second-order valence-corrected chi connectivity index (χ2v) is 12.6. The number of hydrogen-bond donors (Lipinski definition) is 0. The van der Waals surface area contributed by atoms with E-state index in [4.69, 9.17) is 20.9 Å². The molecular formula is C18H27O3PS2. The predicted molar refractivity (Wildman–Crippen MR) is 106 cm³/mol. The lowest BCUT2D eigenvalue weighted by atomic mass is 9.97. The van der Waals surface area contributed by atoms with Gasteiger partial charge in [0.25, 0.3) is 0 Å². The summed E-state index contributed by atoms with van der Waals surface area (Å²) in [4.78, 5) is 11.7. The van der Waals surface area contributed by atoms with Crippen LogP contribution in [0.15, 0.2) is 30.3 Å². The molecule has 6 heteroatoms. The first-order valence-corrected chi connectivity index (χ1v) is 12.8. The second-order valence-electron chi connectivity index (χ2n) is 6.25. The molecule has 0 aliphatic carbocycles. The molecule has 0 spiro atoms. The van der Waals surface area contributed by atoms with E-state index in [2.05, 4.69) is 13.8 Å². The maximum absolute atomic E-state index is 11.7. The van der Waals surface area contributed by atoms with Crippen LogP contribution in [-0.4, -0.2) is 18.5 Å². The summed E-state index contributed by atoms with van der Waals surface area (Å²) in [6.45, 7) is 6.64. The number of ketones is 1. The van der Waals surface area contributed by atoms with Gasteiger partial charge in [0.1, 0.15) is 5.78 Å². The molecule has 4 atom stereocenters. The number of benzene rings is 1. The number of hydrogen-bond acceptors (Lipinski definition) is 5. The van der Waals surface area contributed by atoms with Crippen LogP contribution in [0, 0.1) is 5.92 Å². The molecule has 1 heterocycles. The Morgan fingerprint density at radius 1 is 1.38 bits per heavy atom. The van der Waals surface area contributed by atoms with E-state index in [0.717, 1.165) is 24.8 Å². The van der Waals surface area contributed by atoms with Crippen LogP contribution in [0.4, 0.5) is 0 Å². The minimum absolute atomic E-state index is 0.00464. The van der Waals surface area contributed by atoms with Crippen LogP contribution >= 0.6 is 17.1 Å². The quantitative estimate of drug-likeness (QED) is 0.519. The Kier molecular flexibility index (Phi) is 7.96. The Hall–Kier alpha value is -0.190. The van der Waals surface area contributed by atoms with Crippen LogP contribution in [0.5, 0.6) is 0 Å². The van der Waals surface area contributed by atoms with E-state index in [1.165, 1.54) is 0 Å². The predicted octanol–water partition coefficient (Wildman–Crippen LogP) is 5.91. The van der Waals surface area contributed by atoms with E-state index in [0.29, 0.717) is 18.9 Å². The summed E-state index contributed by atoms with van der Waals surface area (Å²) in [6.07, 6.45) is 3.77. The van der Waals surface area contributed by atoms with Crippen molar-refractivity contribution < 1.29 is 13.8 Å². The van der Waals surface area contributed by atoms with Crippen LogP contribution in [0.25, 0.3) is 0 Å². The highest BCUT2D eigenvalue weighted by atomic mass is 32.9. The lowest BCUT2D eigenvalue weighted by molar-refractivity contribution is -0.117. The topological polar surface area (TPSA) is 35.5 Å². The summed E-state index contributed by atoms with van der Waals surface area (Å²) in [7, 11) is 0. The maximum Gasteiger partial charge on any atom is 0.248 e. The van der Waals surface area contributed by atoms with E-state index >= 15 is 0 Å². The van der Waals surface area contributed by atoms with Gasteiger partial charge in [-0.25, -0.2) is 0 Å². The van der Waals surface area contributed by atoms with E-state index < -0.39 is 5.69 Å². The molecule has 0 bridgehead atoms. The molecule has 1 saturated heterocycles. The van der Waals surface area contributed by atoms with Gasteiger partial charge >= 0.3 is 0 Å². The van der Waals surface area contributed by atoms with Gasteiger partial charge in [0.05, 0.1) is 12.7 Å². The van der Waals surface area contributed by atoms with Crippen LogP contribution in [0.2, 0.25) is 0 Å². The fourth-order valence-electron chi connectivity index (χ4n) is 2.89. The Balaban J connectivity index is 2.15. The summed E-state index contributed by atoms with van der Waals surface area (Å²) in [5.74, 6) is 0.580. The molecule has 1 fully saturated rings. The van der Waals surface area contributed by atoms with Gasteiger partial charge in [-0.2, -0.15) is 0 Å². The molecule has 24 heavy (non-hydrogen) atoms. The van der Waals surface area contributed by atoms with Crippen molar-refractivity contribution >= 4 is 34.7 Å². The van der Waals surface area contributed by atoms with Gasteiger partial charge in [0, 0.05) is 17.6 Å². The van der Waals surface area contributed by atoms with Crippen LogP contribution < -0.4 is 0 Å². The SMILES string of the molecule is CCCC1OP(=S)(SC(CC(C)=O)c2ccccc2)OCC1CC. The summed E-state index contributed by atoms with van der Waals surface area (Å²) in [5, 5.41) is -0.00464. The Labute approximate surface area is 154 Å². The number of Topliss-reactive ketones (excluding diaryl/α,β-unsaturated/α-hetero) is 1. The highest BCUT2D eigenvalue weighted by Crippen LogP contribution is 2.69. The van der Waals surface area contributed by atoms with Crippen molar-refractivity contribution in [2.24, 2.45) is 5.92 Å². The van der Waals surface area contributed by atoms with E-state index in [9.17, 15) is 4.79 Å². The molecule has 1 aliphatic rings. The van der Waals surface area contributed by atoms with Crippen LogP contribution in [0.3, 0.4) is 0 Å². The van der Waals surface area contributed by atoms with Crippen molar-refractivity contribution in [1.29, 1.82) is 0 Å². The average Bonchev–Trinajstić information content (AvgIpc) is 2.55. The molecule has 0 N–H and O–H groups in total. The molecule has 0 radical (unpaired) electrons. The Morgan fingerprint density at radius 2 is 2.08 bits per heavy atom. The first-order chi connectivity index (χ1) is 11.5. The number of carbonyl (C=O) groups excluding carboxylic acids is 1. The largest absolute Gasteiger partial charge is 0.321 e. The molecule has 4 unspecified atom stereocenters. The standard InChI is InChI=1S/C18H27O3PS2/c1-4-9-17-15(5-2)13-20-22(23,21-17)24-18(12-14(3)19)16-10-7-6-8-11-16/h6-8,10-11,15,17-18H,4-5,9,12-13H2,1-3H3. The third-order valence-corrected chi connectivity index (χ3v) is 9.64. The summed E-state index contributed by atoms with van der Waals surface area (Å²) in [5.41, 5.74) is -1.32. The first kappa shape index (κ1) is 20.1. The highest BCUT2D eigenvalue weighted by molar-refractivity contribution is 8.68. The fourth-order valence-corrected chi connectivity index (χ4v) is 8.76. The monoisotopic (exact) mass is 386 g/mol. The molecule has 2 rings (SSSR count).